The number of piperidine rings is 1. The number of carbonyl (C=O) groups excluding carboxylic acids is 1. The maximum atomic E-state index is 12.3. The first-order valence-corrected chi connectivity index (χ1v) is 7.05. The summed E-state index contributed by atoms with van der Waals surface area (Å²) >= 11 is 0. The largest absolute Gasteiger partial charge is 0.396 e. The Labute approximate surface area is 120 Å². The van der Waals surface area contributed by atoms with E-state index in [4.69, 9.17) is 0 Å². The fourth-order valence-electron chi connectivity index (χ4n) is 2.56. The molecule has 5 heteroatoms. The molecule has 20 heavy (non-hydrogen) atoms. The van der Waals surface area contributed by atoms with Crippen molar-refractivity contribution in [1.29, 1.82) is 0 Å². The number of aliphatic hydroxyl groups excluding tert-OH is 1. The number of nitrogens with one attached hydrogen (secondary N) is 1. The van der Waals surface area contributed by atoms with Crippen LogP contribution in [-0.4, -0.2) is 49.8 Å². The summed E-state index contributed by atoms with van der Waals surface area (Å²) in [4.78, 5) is 16.1. The van der Waals surface area contributed by atoms with Gasteiger partial charge in [-0.2, -0.15) is 0 Å². The molecule has 1 aromatic rings. The second-order valence-electron chi connectivity index (χ2n) is 5.48. The molecule has 1 aromatic carbocycles. The van der Waals surface area contributed by atoms with Crippen molar-refractivity contribution in [3.8, 4) is 0 Å². The SMILES string of the molecule is CN(C)c1ccccc1NC(=O)N1CCCC(CO)C1. The van der Waals surface area contributed by atoms with Gasteiger partial charge in [0.2, 0.25) is 0 Å². The quantitative estimate of drug-likeness (QED) is 0.888. The highest BCUT2D eigenvalue weighted by molar-refractivity contribution is 5.93. The van der Waals surface area contributed by atoms with Crippen LogP contribution in [-0.2, 0) is 0 Å². The third-order valence-electron chi connectivity index (χ3n) is 3.69. The first-order valence-electron chi connectivity index (χ1n) is 7.05. The Kier molecular flexibility index (Phi) is 4.84. The lowest BCUT2D eigenvalue weighted by Crippen LogP contribution is -2.43. The Morgan fingerprint density at radius 1 is 1.45 bits per heavy atom. The van der Waals surface area contributed by atoms with E-state index >= 15 is 0 Å². The number of benzene rings is 1. The van der Waals surface area contributed by atoms with E-state index in [2.05, 4.69) is 5.32 Å². The summed E-state index contributed by atoms with van der Waals surface area (Å²) in [7, 11) is 3.90. The zero-order valence-electron chi connectivity index (χ0n) is 12.2. The van der Waals surface area contributed by atoms with Crippen LogP contribution in [0, 0.1) is 5.92 Å². The van der Waals surface area contributed by atoms with Gasteiger partial charge in [0.25, 0.3) is 0 Å². The lowest BCUT2D eigenvalue weighted by molar-refractivity contribution is 0.136. The van der Waals surface area contributed by atoms with Crippen LogP contribution in [0.15, 0.2) is 24.3 Å². The fraction of sp³-hybridized carbons (Fsp3) is 0.533. The van der Waals surface area contributed by atoms with E-state index in [1.54, 1.807) is 4.90 Å². The molecule has 0 aromatic heterocycles. The number of rotatable bonds is 3. The van der Waals surface area contributed by atoms with E-state index < -0.39 is 0 Å². The molecule has 1 aliphatic rings. The molecule has 2 N–H and O–H groups in total. The molecule has 110 valence electrons. The summed E-state index contributed by atoms with van der Waals surface area (Å²) in [5.41, 5.74) is 1.80. The summed E-state index contributed by atoms with van der Waals surface area (Å²) in [5, 5.41) is 12.2. The highest BCUT2D eigenvalue weighted by atomic mass is 16.3. The third kappa shape index (κ3) is 3.42. The van der Waals surface area contributed by atoms with Crippen molar-refractivity contribution < 1.29 is 9.90 Å². The Hall–Kier alpha value is -1.75. The molecule has 0 aliphatic carbocycles. The standard InChI is InChI=1S/C15H23N3O2/c1-17(2)14-8-4-3-7-13(14)16-15(20)18-9-5-6-12(10-18)11-19/h3-4,7-8,12,19H,5-6,9-11H2,1-2H3,(H,16,20). The second kappa shape index (κ2) is 6.61. The molecule has 1 unspecified atom stereocenters. The van der Waals surface area contributed by atoms with Crippen molar-refractivity contribution in [3.63, 3.8) is 0 Å². The van der Waals surface area contributed by atoms with Crippen molar-refractivity contribution >= 4 is 17.4 Å². The normalized spacial score (nSPS) is 18.8. The maximum Gasteiger partial charge on any atom is 0.321 e. The third-order valence-corrected chi connectivity index (χ3v) is 3.69. The topological polar surface area (TPSA) is 55.8 Å². The minimum absolute atomic E-state index is 0.0857. The van der Waals surface area contributed by atoms with E-state index in [0.29, 0.717) is 6.54 Å². The Morgan fingerprint density at radius 2 is 2.20 bits per heavy atom. The molecule has 0 radical (unpaired) electrons. The average Bonchev–Trinajstić information content (AvgIpc) is 2.47. The van der Waals surface area contributed by atoms with Crippen molar-refractivity contribution in [2.45, 2.75) is 12.8 Å². The predicted molar refractivity (Wildman–Crippen MR) is 81.2 cm³/mol. The Balaban J connectivity index is 2.04. The second-order valence-corrected chi connectivity index (χ2v) is 5.48. The van der Waals surface area contributed by atoms with E-state index in [1.165, 1.54) is 0 Å². The van der Waals surface area contributed by atoms with Crippen LogP contribution in [0.25, 0.3) is 0 Å². The van der Waals surface area contributed by atoms with Gasteiger partial charge in [-0.1, -0.05) is 12.1 Å². The molecule has 1 atom stereocenters. The van der Waals surface area contributed by atoms with Gasteiger partial charge in [0.05, 0.1) is 11.4 Å². The Morgan fingerprint density at radius 3 is 2.90 bits per heavy atom. The first-order chi connectivity index (χ1) is 9.61. The summed E-state index contributed by atoms with van der Waals surface area (Å²) in [6, 6.07) is 7.66. The summed E-state index contributed by atoms with van der Waals surface area (Å²) in [6.45, 7) is 1.54. The number of carbonyl (C=O) groups is 1. The zero-order chi connectivity index (χ0) is 14.5. The molecule has 1 saturated heterocycles. The van der Waals surface area contributed by atoms with Crippen molar-refractivity contribution in [1.82, 2.24) is 4.90 Å². The van der Waals surface area contributed by atoms with E-state index in [-0.39, 0.29) is 18.6 Å². The van der Waals surface area contributed by atoms with Crippen LogP contribution in [0.3, 0.4) is 0 Å². The van der Waals surface area contributed by atoms with Crippen LogP contribution < -0.4 is 10.2 Å². The minimum atomic E-state index is -0.0857. The molecule has 0 spiro atoms. The number of anilines is 2. The minimum Gasteiger partial charge on any atom is -0.396 e. The zero-order valence-corrected chi connectivity index (χ0v) is 12.2. The van der Waals surface area contributed by atoms with Crippen LogP contribution in [0.1, 0.15) is 12.8 Å². The molecule has 1 fully saturated rings. The van der Waals surface area contributed by atoms with Crippen molar-refractivity contribution in [2.24, 2.45) is 5.92 Å². The van der Waals surface area contributed by atoms with Gasteiger partial charge < -0.3 is 20.2 Å². The molecule has 2 amide bonds. The van der Waals surface area contributed by atoms with Crippen LogP contribution >= 0.6 is 0 Å². The van der Waals surface area contributed by atoms with Gasteiger partial charge in [-0.05, 0) is 30.9 Å². The van der Waals surface area contributed by atoms with Gasteiger partial charge in [0, 0.05) is 33.8 Å². The summed E-state index contributed by atoms with van der Waals surface area (Å²) < 4.78 is 0. The monoisotopic (exact) mass is 277 g/mol. The fourth-order valence-corrected chi connectivity index (χ4v) is 2.56. The molecule has 1 heterocycles. The van der Waals surface area contributed by atoms with Crippen LogP contribution in [0.5, 0.6) is 0 Å². The summed E-state index contributed by atoms with van der Waals surface area (Å²) in [6.07, 6.45) is 1.95. The molecule has 0 saturated carbocycles. The number of para-hydroxylation sites is 2. The van der Waals surface area contributed by atoms with Crippen molar-refractivity contribution in [2.75, 3.05) is 44.0 Å². The van der Waals surface area contributed by atoms with Crippen LogP contribution in [0.4, 0.5) is 16.2 Å². The number of hydrogen-bond acceptors (Lipinski definition) is 3. The number of amides is 2. The molecule has 2 rings (SSSR count). The van der Waals surface area contributed by atoms with E-state index in [9.17, 15) is 9.90 Å². The van der Waals surface area contributed by atoms with E-state index in [0.717, 1.165) is 30.8 Å². The smallest absolute Gasteiger partial charge is 0.321 e. The van der Waals surface area contributed by atoms with E-state index in [1.807, 2.05) is 43.3 Å². The Bertz CT molecular complexity index is 462. The number of hydrogen-bond donors (Lipinski definition) is 2. The van der Waals surface area contributed by atoms with Gasteiger partial charge in [0.15, 0.2) is 0 Å². The molecule has 1 aliphatic heterocycles. The van der Waals surface area contributed by atoms with Gasteiger partial charge in [-0.3, -0.25) is 0 Å². The highest BCUT2D eigenvalue weighted by Gasteiger charge is 2.23. The molecular formula is C15H23N3O2. The highest BCUT2D eigenvalue weighted by Crippen LogP contribution is 2.24. The van der Waals surface area contributed by atoms with Gasteiger partial charge in [0.1, 0.15) is 0 Å². The van der Waals surface area contributed by atoms with Crippen molar-refractivity contribution in [3.05, 3.63) is 24.3 Å². The molecular weight excluding hydrogens is 254 g/mol. The number of nitrogens with zero attached hydrogens (tertiary/aromatic N) is 2. The predicted octanol–water partition coefficient (Wildman–Crippen LogP) is 1.99. The summed E-state index contributed by atoms with van der Waals surface area (Å²) in [5.74, 6) is 0.207. The van der Waals surface area contributed by atoms with Gasteiger partial charge >= 0.3 is 6.03 Å². The van der Waals surface area contributed by atoms with Gasteiger partial charge in [-0.25, -0.2) is 4.79 Å². The number of aliphatic hydroxyl groups is 1. The molecule has 5 nitrogen and oxygen atoms in total. The first kappa shape index (κ1) is 14.7. The average molecular weight is 277 g/mol. The lowest BCUT2D eigenvalue weighted by atomic mass is 9.99. The van der Waals surface area contributed by atoms with Crippen LogP contribution in [0.2, 0.25) is 0 Å². The number of likely N-dealkylation sites (tertiary alicyclic amines) is 1. The number of urea groups is 1. The van der Waals surface area contributed by atoms with Gasteiger partial charge in [-0.15, -0.1) is 0 Å². The molecule has 0 bridgehead atoms. The lowest BCUT2D eigenvalue weighted by Gasteiger charge is -2.32. The maximum absolute atomic E-state index is 12.3.